The fourth-order valence-corrected chi connectivity index (χ4v) is 4.32. The van der Waals surface area contributed by atoms with Crippen molar-refractivity contribution in [2.24, 2.45) is 0 Å². The molecule has 1 aliphatic heterocycles. The molecule has 0 saturated carbocycles. The van der Waals surface area contributed by atoms with Crippen LogP contribution in [0.4, 0.5) is 5.69 Å². The van der Waals surface area contributed by atoms with Crippen LogP contribution in [0.5, 0.6) is 5.75 Å². The van der Waals surface area contributed by atoms with Gasteiger partial charge in [0.2, 0.25) is 0 Å². The van der Waals surface area contributed by atoms with Gasteiger partial charge in [0.05, 0.1) is 23.8 Å². The second-order valence-corrected chi connectivity index (χ2v) is 8.24. The number of ether oxygens (including phenoxy) is 2. The van der Waals surface area contributed by atoms with Crippen LogP contribution in [0.15, 0.2) is 53.4 Å². The highest BCUT2D eigenvalue weighted by molar-refractivity contribution is 7.92. The summed E-state index contributed by atoms with van der Waals surface area (Å²) in [6.07, 6.45) is 1.71. The molecule has 1 aliphatic rings. The van der Waals surface area contributed by atoms with Crippen LogP contribution in [-0.4, -0.2) is 52.6 Å². The largest absolute Gasteiger partial charge is 0.495 e. The number of methoxy groups -OCH3 is 2. The van der Waals surface area contributed by atoms with Crippen LogP contribution in [0.25, 0.3) is 0 Å². The Labute approximate surface area is 165 Å². The number of para-hydroxylation sites is 2. The fraction of sp³-hybridized carbons (Fsp3) is 0.350. The quantitative estimate of drug-likeness (QED) is 0.800. The van der Waals surface area contributed by atoms with Crippen LogP contribution in [-0.2, 0) is 14.8 Å². The summed E-state index contributed by atoms with van der Waals surface area (Å²) in [6.45, 7) is 1.18. The van der Waals surface area contributed by atoms with Crippen LogP contribution >= 0.6 is 0 Å². The van der Waals surface area contributed by atoms with E-state index in [2.05, 4.69) is 4.72 Å². The third-order valence-electron chi connectivity index (χ3n) is 4.81. The Hall–Kier alpha value is -2.58. The molecule has 2 aromatic carbocycles. The van der Waals surface area contributed by atoms with Crippen molar-refractivity contribution in [1.82, 2.24) is 4.90 Å². The molecule has 150 valence electrons. The topological polar surface area (TPSA) is 84.9 Å². The highest BCUT2D eigenvalue weighted by Crippen LogP contribution is 2.26. The molecule has 28 heavy (non-hydrogen) atoms. The number of carbonyl (C=O) groups excluding carboxylic acids is 1. The van der Waals surface area contributed by atoms with E-state index in [1.165, 1.54) is 19.2 Å². The molecule has 0 spiro atoms. The predicted molar refractivity (Wildman–Crippen MR) is 106 cm³/mol. The monoisotopic (exact) mass is 404 g/mol. The molecule has 1 fully saturated rings. The van der Waals surface area contributed by atoms with Crippen LogP contribution in [0, 0.1) is 0 Å². The van der Waals surface area contributed by atoms with E-state index in [0.717, 1.165) is 12.8 Å². The zero-order valence-corrected chi connectivity index (χ0v) is 16.7. The summed E-state index contributed by atoms with van der Waals surface area (Å²) in [6, 6.07) is 12.8. The summed E-state index contributed by atoms with van der Waals surface area (Å²) < 4.78 is 38.6. The molecule has 0 atom stereocenters. The van der Waals surface area contributed by atoms with E-state index in [1.807, 2.05) is 0 Å². The Morgan fingerprint density at radius 2 is 1.79 bits per heavy atom. The number of benzene rings is 2. The summed E-state index contributed by atoms with van der Waals surface area (Å²) in [4.78, 5) is 14.5. The molecule has 1 heterocycles. The number of carbonyl (C=O) groups is 1. The highest BCUT2D eigenvalue weighted by atomic mass is 32.2. The molecule has 2 aromatic rings. The molecule has 0 bridgehead atoms. The molecule has 0 unspecified atom stereocenters. The first-order valence-electron chi connectivity index (χ1n) is 9.02. The first kappa shape index (κ1) is 20.2. The summed E-state index contributed by atoms with van der Waals surface area (Å²) in [7, 11) is -0.723. The molecule has 0 aromatic heterocycles. The Kier molecular flexibility index (Phi) is 6.21. The lowest BCUT2D eigenvalue weighted by Gasteiger charge is -2.31. The van der Waals surface area contributed by atoms with Crippen molar-refractivity contribution in [1.29, 1.82) is 0 Å². The number of piperidine rings is 1. The van der Waals surface area contributed by atoms with E-state index in [1.54, 1.807) is 48.4 Å². The van der Waals surface area contributed by atoms with Crippen LogP contribution < -0.4 is 9.46 Å². The van der Waals surface area contributed by atoms with Crippen molar-refractivity contribution < 1.29 is 22.7 Å². The highest BCUT2D eigenvalue weighted by Gasteiger charge is 2.25. The minimum atomic E-state index is -3.87. The van der Waals surface area contributed by atoms with E-state index >= 15 is 0 Å². The van der Waals surface area contributed by atoms with Gasteiger partial charge >= 0.3 is 0 Å². The number of nitrogens with one attached hydrogen (secondary N) is 1. The molecule has 0 aliphatic carbocycles. The van der Waals surface area contributed by atoms with E-state index in [-0.39, 0.29) is 16.9 Å². The summed E-state index contributed by atoms with van der Waals surface area (Å²) in [5, 5.41) is 0. The lowest BCUT2D eigenvalue weighted by atomic mass is 10.1. The van der Waals surface area contributed by atoms with Gasteiger partial charge < -0.3 is 14.4 Å². The van der Waals surface area contributed by atoms with E-state index < -0.39 is 10.0 Å². The molecule has 7 nitrogen and oxygen atoms in total. The molecule has 1 N–H and O–H groups in total. The molecule has 8 heteroatoms. The number of likely N-dealkylation sites (tertiary alicyclic amines) is 1. The normalized spacial score (nSPS) is 15.3. The summed E-state index contributed by atoms with van der Waals surface area (Å²) >= 11 is 0. The van der Waals surface area contributed by atoms with Crippen LogP contribution in [0.1, 0.15) is 23.2 Å². The molecule has 1 saturated heterocycles. The van der Waals surface area contributed by atoms with Gasteiger partial charge in [-0.05, 0) is 43.2 Å². The van der Waals surface area contributed by atoms with Crippen molar-refractivity contribution in [3.05, 3.63) is 54.1 Å². The van der Waals surface area contributed by atoms with E-state index in [9.17, 15) is 13.2 Å². The molecule has 1 amide bonds. The number of sulfonamides is 1. The average Bonchev–Trinajstić information content (AvgIpc) is 2.73. The average molecular weight is 404 g/mol. The van der Waals surface area contributed by atoms with Gasteiger partial charge in [0.1, 0.15) is 5.75 Å². The van der Waals surface area contributed by atoms with Crippen LogP contribution in [0.2, 0.25) is 0 Å². The van der Waals surface area contributed by atoms with Gasteiger partial charge in [-0.1, -0.05) is 18.2 Å². The third-order valence-corrected chi connectivity index (χ3v) is 6.17. The zero-order valence-electron chi connectivity index (χ0n) is 15.9. The Morgan fingerprint density at radius 3 is 2.46 bits per heavy atom. The van der Waals surface area contributed by atoms with Gasteiger partial charge in [-0.25, -0.2) is 8.42 Å². The number of rotatable bonds is 6. The van der Waals surface area contributed by atoms with Crippen LogP contribution in [0.3, 0.4) is 0 Å². The Morgan fingerprint density at radius 1 is 1.07 bits per heavy atom. The van der Waals surface area contributed by atoms with Gasteiger partial charge in [-0.2, -0.15) is 0 Å². The van der Waals surface area contributed by atoms with Gasteiger partial charge in [0.15, 0.2) is 0 Å². The van der Waals surface area contributed by atoms with Gasteiger partial charge in [-0.3, -0.25) is 9.52 Å². The maximum atomic E-state index is 12.8. The SMILES string of the molecule is COc1ccccc1NS(=O)(=O)c1cccc(C(=O)N2CCC(OC)CC2)c1. The molecular weight excluding hydrogens is 380 g/mol. The summed E-state index contributed by atoms with van der Waals surface area (Å²) in [5.41, 5.74) is 0.683. The first-order valence-corrected chi connectivity index (χ1v) is 10.5. The molecule has 3 rings (SSSR count). The molecule has 0 radical (unpaired) electrons. The standard InChI is InChI=1S/C20H24N2O5S/c1-26-16-10-12-22(13-11-16)20(23)15-6-5-7-17(14-15)28(24,25)21-18-8-3-4-9-19(18)27-2/h3-9,14,16,21H,10-13H2,1-2H3. The lowest BCUT2D eigenvalue weighted by molar-refractivity contribution is 0.0350. The fourth-order valence-electron chi connectivity index (χ4n) is 3.21. The first-order chi connectivity index (χ1) is 13.4. The van der Waals surface area contributed by atoms with Crippen molar-refractivity contribution >= 4 is 21.6 Å². The lowest BCUT2D eigenvalue weighted by Crippen LogP contribution is -2.40. The number of amides is 1. The van der Waals surface area contributed by atoms with Gasteiger partial charge in [-0.15, -0.1) is 0 Å². The van der Waals surface area contributed by atoms with Gasteiger partial charge in [0.25, 0.3) is 15.9 Å². The predicted octanol–water partition coefficient (Wildman–Crippen LogP) is 2.75. The van der Waals surface area contributed by atoms with E-state index in [0.29, 0.717) is 30.1 Å². The third kappa shape index (κ3) is 4.45. The second kappa shape index (κ2) is 8.62. The zero-order chi connectivity index (χ0) is 20.1. The maximum Gasteiger partial charge on any atom is 0.262 e. The molecular formula is C20H24N2O5S. The Balaban J connectivity index is 1.79. The minimum absolute atomic E-state index is 0.0241. The number of hydrogen-bond donors (Lipinski definition) is 1. The van der Waals surface area contributed by atoms with E-state index in [4.69, 9.17) is 9.47 Å². The van der Waals surface area contributed by atoms with Crippen molar-refractivity contribution in [3.8, 4) is 5.75 Å². The van der Waals surface area contributed by atoms with Crippen molar-refractivity contribution in [2.45, 2.75) is 23.8 Å². The number of nitrogens with zero attached hydrogens (tertiary/aromatic N) is 1. The van der Waals surface area contributed by atoms with Crippen molar-refractivity contribution in [2.75, 3.05) is 32.0 Å². The number of anilines is 1. The van der Waals surface area contributed by atoms with Crippen molar-refractivity contribution in [3.63, 3.8) is 0 Å². The Bertz CT molecular complexity index is 937. The smallest absolute Gasteiger partial charge is 0.262 e. The van der Waals surface area contributed by atoms with Gasteiger partial charge in [0, 0.05) is 25.8 Å². The summed E-state index contributed by atoms with van der Waals surface area (Å²) in [5.74, 6) is 0.239. The second-order valence-electron chi connectivity index (χ2n) is 6.56. The number of hydrogen-bond acceptors (Lipinski definition) is 5. The minimum Gasteiger partial charge on any atom is -0.495 e. The maximum absolute atomic E-state index is 12.8.